The van der Waals surface area contributed by atoms with Crippen molar-refractivity contribution in [3.8, 4) is 0 Å². The van der Waals surface area contributed by atoms with Gasteiger partial charge in [-0.25, -0.2) is 9.67 Å². The maximum absolute atomic E-state index is 12.0. The summed E-state index contributed by atoms with van der Waals surface area (Å²) in [6, 6.07) is 20.0. The molecule has 0 unspecified atom stereocenters. The lowest BCUT2D eigenvalue weighted by atomic mass is 10.2. The van der Waals surface area contributed by atoms with Crippen molar-refractivity contribution in [2.24, 2.45) is 0 Å². The Morgan fingerprint density at radius 2 is 1.69 bits per heavy atom. The summed E-state index contributed by atoms with van der Waals surface area (Å²) in [5.41, 5.74) is 2.26. The van der Waals surface area contributed by atoms with Gasteiger partial charge in [0, 0.05) is 13.0 Å². The first-order valence-electron chi connectivity index (χ1n) is 8.64. The van der Waals surface area contributed by atoms with Crippen molar-refractivity contribution in [2.45, 2.75) is 26.0 Å². The highest BCUT2D eigenvalue weighted by atomic mass is 16.5. The second kappa shape index (κ2) is 9.48. The zero-order chi connectivity index (χ0) is 18.0. The van der Waals surface area contributed by atoms with Crippen molar-refractivity contribution >= 4 is 11.9 Å². The molecule has 6 nitrogen and oxygen atoms in total. The van der Waals surface area contributed by atoms with Crippen molar-refractivity contribution in [3.63, 3.8) is 0 Å². The second-order valence-corrected chi connectivity index (χ2v) is 5.94. The predicted molar refractivity (Wildman–Crippen MR) is 99.5 cm³/mol. The van der Waals surface area contributed by atoms with E-state index in [0.29, 0.717) is 38.5 Å². The third kappa shape index (κ3) is 5.82. The lowest BCUT2D eigenvalue weighted by Gasteiger charge is -2.04. The molecule has 0 bridgehead atoms. The fourth-order valence-electron chi connectivity index (χ4n) is 2.48. The Morgan fingerprint density at radius 3 is 2.42 bits per heavy atom. The molecule has 0 aliphatic carbocycles. The van der Waals surface area contributed by atoms with Gasteiger partial charge in [-0.3, -0.25) is 10.1 Å². The van der Waals surface area contributed by atoms with Crippen LogP contribution in [0.15, 0.2) is 67.0 Å². The molecule has 3 rings (SSSR count). The maximum atomic E-state index is 12.0. The number of nitrogens with zero attached hydrogens (tertiary/aromatic N) is 3. The maximum Gasteiger partial charge on any atom is 0.248 e. The number of amides is 1. The van der Waals surface area contributed by atoms with E-state index in [0.717, 1.165) is 11.1 Å². The van der Waals surface area contributed by atoms with Gasteiger partial charge in [0.2, 0.25) is 11.9 Å². The van der Waals surface area contributed by atoms with Gasteiger partial charge in [0.05, 0.1) is 13.2 Å². The van der Waals surface area contributed by atoms with E-state index in [4.69, 9.17) is 4.74 Å². The third-order valence-corrected chi connectivity index (χ3v) is 3.78. The molecule has 0 spiro atoms. The van der Waals surface area contributed by atoms with E-state index in [-0.39, 0.29) is 5.91 Å². The average molecular weight is 350 g/mol. The molecular weight excluding hydrogens is 328 g/mol. The molecule has 134 valence electrons. The van der Waals surface area contributed by atoms with Crippen LogP contribution in [0, 0.1) is 0 Å². The summed E-state index contributed by atoms with van der Waals surface area (Å²) in [5.74, 6) is 0.224. The van der Waals surface area contributed by atoms with Gasteiger partial charge in [-0.05, 0) is 17.5 Å². The Labute approximate surface area is 152 Å². The van der Waals surface area contributed by atoms with Crippen molar-refractivity contribution in [1.82, 2.24) is 14.8 Å². The smallest absolute Gasteiger partial charge is 0.248 e. The number of carbonyl (C=O) groups excluding carboxylic acids is 1. The molecule has 1 aromatic heterocycles. The Kier molecular flexibility index (Phi) is 6.50. The minimum absolute atomic E-state index is 0.106. The van der Waals surface area contributed by atoms with Gasteiger partial charge in [-0.1, -0.05) is 60.7 Å². The highest BCUT2D eigenvalue weighted by molar-refractivity contribution is 5.88. The zero-order valence-electron chi connectivity index (χ0n) is 14.5. The topological polar surface area (TPSA) is 69.0 Å². The molecular formula is C20H22N4O2. The van der Waals surface area contributed by atoms with Gasteiger partial charge >= 0.3 is 0 Å². The third-order valence-electron chi connectivity index (χ3n) is 3.78. The summed E-state index contributed by atoms with van der Waals surface area (Å²) in [5, 5.41) is 6.99. The van der Waals surface area contributed by atoms with E-state index in [9.17, 15) is 4.79 Å². The fourth-order valence-corrected chi connectivity index (χ4v) is 2.48. The van der Waals surface area contributed by atoms with E-state index < -0.39 is 0 Å². The lowest BCUT2D eigenvalue weighted by molar-refractivity contribution is -0.116. The van der Waals surface area contributed by atoms with Gasteiger partial charge in [0.25, 0.3) is 0 Å². The number of anilines is 1. The fraction of sp³-hybridized carbons (Fsp3) is 0.250. The molecule has 6 heteroatoms. The second-order valence-electron chi connectivity index (χ2n) is 5.94. The van der Waals surface area contributed by atoms with Gasteiger partial charge < -0.3 is 4.74 Å². The first kappa shape index (κ1) is 17.8. The summed E-state index contributed by atoms with van der Waals surface area (Å²) in [7, 11) is 0. The Morgan fingerprint density at radius 1 is 1.00 bits per heavy atom. The van der Waals surface area contributed by atoms with E-state index in [2.05, 4.69) is 15.4 Å². The summed E-state index contributed by atoms with van der Waals surface area (Å²) in [6.45, 7) is 1.73. The van der Waals surface area contributed by atoms with Crippen molar-refractivity contribution in [2.75, 3.05) is 11.9 Å². The van der Waals surface area contributed by atoms with Gasteiger partial charge in [0.15, 0.2) is 0 Å². The monoisotopic (exact) mass is 350 g/mol. The van der Waals surface area contributed by atoms with Crippen LogP contribution >= 0.6 is 0 Å². The molecule has 0 aliphatic heterocycles. The lowest BCUT2D eigenvalue weighted by Crippen LogP contribution is -2.14. The SMILES string of the molecule is O=C(CCCOCc1ccccc1)Nc1ncn(Cc2ccccc2)n1. The van der Waals surface area contributed by atoms with E-state index >= 15 is 0 Å². The normalized spacial score (nSPS) is 10.6. The van der Waals surface area contributed by atoms with Crippen LogP contribution in [0.5, 0.6) is 0 Å². The number of hydrogen-bond donors (Lipinski definition) is 1. The average Bonchev–Trinajstić information content (AvgIpc) is 3.10. The van der Waals surface area contributed by atoms with Crippen molar-refractivity contribution in [3.05, 3.63) is 78.1 Å². The molecule has 1 amide bonds. The quantitative estimate of drug-likeness (QED) is 0.602. The highest BCUT2D eigenvalue weighted by Gasteiger charge is 2.07. The van der Waals surface area contributed by atoms with Crippen LogP contribution in [0.2, 0.25) is 0 Å². The highest BCUT2D eigenvalue weighted by Crippen LogP contribution is 2.05. The largest absolute Gasteiger partial charge is 0.377 e. The number of hydrogen-bond acceptors (Lipinski definition) is 4. The standard InChI is InChI=1S/C20H22N4O2/c25-19(12-7-13-26-15-18-10-5-2-6-11-18)22-20-21-16-24(23-20)14-17-8-3-1-4-9-17/h1-6,8-11,16H,7,12-15H2,(H,22,23,25). The molecule has 2 aromatic carbocycles. The number of ether oxygens (including phenoxy) is 1. The summed E-state index contributed by atoms with van der Waals surface area (Å²) >= 11 is 0. The van der Waals surface area contributed by atoms with Crippen LogP contribution in [-0.4, -0.2) is 27.3 Å². The van der Waals surface area contributed by atoms with Gasteiger partial charge in [-0.2, -0.15) is 0 Å². The number of benzene rings is 2. The molecule has 0 radical (unpaired) electrons. The molecule has 0 fully saturated rings. The van der Waals surface area contributed by atoms with Crippen LogP contribution in [0.1, 0.15) is 24.0 Å². The number of aromatic nitrogens is 3. The molecule has 1 N–H and O–H groups in total. The zero-order valence-corrected chi connectivity index (χ0v) is 14.5. The molecule has 3 aromatic rings. The van der Waals surface area contributed by atoms with Crippen LogP contribution in [0.25, 0.3) is 0 Å². The van der Waals surface area contributed by atoms with E-state index in [1.54, 1.807) is 11.0 Å². The Bertz CT molecular complexity index is 803. The Balaban J connectivity index is 1.34. The minimum Gasteiger partial charge on any atom is -0.377 e. The summed E-state index contributed by atoms with van der Waals surface area (Å²) in [6.07, 6.45) is 2.65. The molecule has 0 saturated heterocycles. The summed E-state index contributed by atoms with van der Waals surface area (Å²) < 4.78 is 7.28. The van der Waals surface area contributed by atoms with Crippen molar-refractivity contribution < 1.29 is 9.53 Å². The van der Waals surface area contributed by atoms with Crippen LogP contribution < -0.4 is 5.32 Å². The van der Waals surface area contributed by atoms with Gasteiger partial charge in [-0.15, -0.1) is 5.10 Å². The van der Waals surface area contributed by atoms with E-state index in [1.165, 1.54) is 0 Å². The van der Waals surface area contributed by atoms with Gasteiger partial charge in [0.1, 0.15) is 6.33 Å². The molecule has 1 heterocycles. The molecule has 0 atom stereocenters. The molecule has 26 heavy (non-hydrogen) atoms. The molecule has 0 saturated carbocycles. The van der Waals surface area contributed by atoms with Crippen LogP contribution in [-0.2, 0) is 22.7 Å². The van der Waals surface area contributed by atoms with Crippen LogP contribution in [0.4, 0.5) is 5.95 Å². The molecule has 0 aliphatic rings. The minimum atomic E-state index is -0.106. The summed E-state index contributed by atoms with van der Waals surface area (Å²) in [4.78, 5) is 16.1. The van der Waals surface area contributed by atoms with Crippen molar-refractivity contribution in [1.29, 1.82) is 0 Å². The van der Waals surface area contributed by atoms with Crippen LogP contribution in [0.3, 0.4) is 0 Å². The Hall–Kier alpha value is -2.99. The number of nitrogens with one attached hydrogen (secondary N) is 1. The number of carbonyl (C=O) groups is 1. The first-order chi connectivity index (χ1) is 12.8. The first-order valence-corrected chi connectivity index (χ1v) is 8.64. The predicted octanol–water partition coefficient (Wildman–Crippen LogP) is 3.26. The van der Waals surface area contributed by atoms with E-state index in [1.807, 2.05) is 60.7 Å². The number of rotatable bonds is 9.